The quantitative estimate of drug-likeness (QED) is 0.347. The Morgan fingerprint density at radius 1 is 0.742 bits per heavy atom. The number of hydrogen-bond donors (Lipinski definition) is 1. The lowest BCUT2D eigenvalue weighted by atomic mass is 9.70. The van der Waals surface area contributed by atoms with Gasteiger partial charge in [-0.1, -0.05) is 105 Å². The van der Waals surface area contributed by atoms with E-state index >= 15 is 0 Å². The van der Waals surface area contributed by atoms with Gasteiger partial charge in [-0.15, -0.1) is 0 Å². The molecular formula is C29H33NO. The Balaban J connectivity index is 1.73. The molecule has 1 aliphatic rings. The normalized spacial score (nSPS) is 16.2. The molecule has 1 N–H and O–H groups in total. The van der Waals surface area contributed by atoms with Gasteiger partial charge in [-0.25, -0.2) is 0 Å². The number of para-hydroxylation sites is 1. The molecule has 0 spiro atoms. The fraction of sp³-hybridized carbons (Fsp3) is 0.345. The summed E-state index contributed by atoms with van der Waals surface area (Å²) in [6.45, 7) is 2.20. The highest BCUT2D eigenvalue weighted by atomic mass is 16.3. The van der Waals surface area contributed by atoms with Gasteiger partial charge in [0.25, 0.3) is 0 Å². The lowest BCUT2D eigenvalue weighted by molar-refractivity contribution is 0.453. The van der Waals surface area contributed by atoms with Crippen molar-refractivity contribution in [2.24, 2.45) is 4.99 Å². The molecule has 3 aromatic rings. The average Bonchev–Trinajstić information content (AvgIpc) is 2.80. The lowest BCUT2D eigenvalue weighted by Gasteiger charge is -2.32. The number of aromatic hydroxyl groups is 1. The van der Waals surface area contributed by atoms with Crippen molar-refractivity contribution in [2.75, 3.05) is 0 Å². The molecule has 160 valence electrons. The second kappa shape index (κ2) is 9.96. The predicted octanol–water partition coefficient (Wildman–Crippen LogP) is 7.28. The van der Waals surface area contributed by atoms with E-state index in [4.69, 9.17) is 4.99 Å². The topological polar surface area (TPSA) is 32.6 Å². The summed E-state index contributed by atoms with van der Waals surface area (Å²) in [6, 6.07) is 27.3. The summed E-state index contributed by atoms with van der Waals surface area (Å²) in [7, 11) is 0. The van der Waals surface area contributed by atoms with Crippen LogP contribution in [0.15, 0.2) is 83.9 Å². The first-order valence-corrected chi connectivity index (χ1v) is 11.7. The Kier molecular flexibility index (Phi) is 6.86. The molecule has 3 aromatic carbocycles. The molecule has 1 fully saturated rings. The average molecular weight is 412 g/mol. The Hall–Kier alpha value is -2.87. The van der Waals surface area contributed by atoms with Gasteiger partial charge in [-0.2, -0.15) is 0 Å². The van der Waals surface area contributed by atoms with Crippen molar-refractivity contribution in [1.29, 1.82) is 0 Å². The second-order valence-electron chi connectivity index (χ2n) is 8.88. The van der Waals surface area contributed by atoms with Crippen LogP contribution in [0.1, 0.15) is 74.1 Å². The van der Waals surface area contributed by atoms with E-state index in [9.17, 15) is 5.11 Å². The van der Waals surface area contributed by atoms with Gasteiger partial charge >= 0.3 is 0 Å². The van der Waals surface area contributed by atoms with Crippen LogP contribution in [0.5, 0.6) is 5.75 Å². The van der Waals surface area contributed by atoms with Crippen molar-refractivity contribution < 1.29 is 5.11 Å². The van der Waals surface area contributed by atoms with E-state index in [1.54, 1.807) is 0 Å². The highest BCUT2D eigenvalue weighted by Crippen LogP contribution is 2.43. The molecule has 0 atom stereocenters. The smallest absolute Gasteiger partial charge is 0.128 e. The van der Waals surface area contributed by atoms with Gasteiger partial charge in [0.1, 0.15) is 5.75 Å². The summed E-state index contributed by atoms with van der Waals surface area (Å²) in [5.74, 6) is 0.326. The number of hydrogen-bond acceptors (Lipinski definition) is 2. The lowest BCUT2D eigenvalue weighted by Crippen LogP contribution is -2.25. The molecule has 0 aliphatic heterocycles. The van der Waals surface area contributed by atoms with Gasteiger partial charge in [0, 0.05) is 28.8 Å². The minimum atomic E-state index is -0.462. The van der Waals surface area contributed by atoms with Crippen molar-refractivity contribution in [3.05, 3.63) is 101 Å². The number of nitrogens with zero attached hydrogens (tertiary/aromatic N) is 1. The number of benzene rings is 3. The Bertz CT molecular complexity index is 946. The van der Waals surface area contributed by atoms with Crippen LogP contribution in [-0.2, 0) is 5.41 Å². The molecule has 31 heavy (non-hydrogen) atoms. The number of aliphatic imine (C=N–C) groups is 1. The van der Waals surface area contributed by atoms with E-state index in [0.29, 0.717) is 11.8 Å². The van der Waals surface area contributed by atoms with Crippen LogP contribution in [0.3, 0.4) is 0 Å². The minimum absolute atomic E-state index is 0.326. The first-order chi connectivity index (χ1) is 15.2. The van der Waals surface area contributed by atoms with Gasteiger partial charge in [-0.05, 0) is 37.0 Å². The fourth-order valence-electron chi connectivity index (χ4n) is 4.86. The standard InChI is InChI=1S/C29H33NO/c1-29(24-15-7-5-8-16-24,25-17-9-6-10-18-25)27-21-13-14-23(28(27)31)22-30-26-19-11-3-2-4-12-20-26/h5-10,13-18,21-22,26,31H,2-4,11-12,19-20H2,1H3. The third-order valence-corrected chi connectivity index (χ3v) is 6.81. The zero-order valence-corrected chi connectivity index (χ0v) is 18.5. The third-order valence-electron chi connectivity index (χ3n) is 6.81. The van der Waals surface area contributed by atoms with Crippen molar-refractivity contribution in [2.45, 2.75) is 63.3 Å². The van der Waals surface area contributed by atoms with Gasteiger partial charge in [0.15, 0.2) is 0 Å². The SMILES string of the molecule is CC(c1ccccc1)(c1ccccc1)c1cccc(C=NC2CCCCCCC2)c1O. The maximum Gasteiger partial charge on any atom is 0.128 e. The second-order valence-corrected chi connectivity index (χ2v) is 8.88. The maximum absolute atomic E-state index is 11.4. The number of phenolic OH excluding ortho intramolecular Hbond substituents is 1. The van der Waals surface area contributed by atoms with Crippen LogP contribution in [0.2, 0.25) is 0 Å². The Morgan fingerprint density at radius 2 is 1.29 bits per heavy atom. The first-order valence-electron chi connectivity index (χ1n) is 11.7. The summed E-state index contributed by atoms with van der Waals surface area (Å²) >= 11 is 0. The molecule has 0 amide bonds. The molecule has 0 radical (unpaired) electrons. The molecule has 1 saturated carbocycles. The Morgan fingerprint density at radius 3 is 1.87 bits per heavy atom. The molecule has 0 saturated heterocycles. The molecule has 1 aliphatic carbocycles. The van der Waals surface area contributed by atoms with Gasteiger partial charge < -0.3 is 5.11 Å². The van der Waals surface area contributed by atoms with Crippen LogP contribution in [0, 0.1) is 0 Å². The molecule has 0 unspecified atom stereocenters. The maximum atomic E-state index is 11.4. The van der Waals surface area contributed by atoms with E-state index in [-0.39, 0.29) is 0 Å². The summed E-state index contributed by atoms with van der Waals surface area (Å²) in [4.78, 5) is 4.90. The number of rotatable bonds is 5. The molecule has 0 aromatic heterocycles. The van der Waals surface area contributed by atoms with E-state index in [1.807, 2.05) is 36.5 Å². The van der Waals surface area contributed by atoms with Gasteiger partial charge in [0.05, 0.1) is 0 Å². The van der Waals surface area contributed by atoms with E-state index in [1.165, 1.54) is 32.1 Å². The zero-order chi connectivity index (χ0) is 21.5. The molecule has 4 rings (SSSR count). The fourth-order valence-corrected chi connectivity index (χ4v) is 4.86. The van der Waals surface area contributed by atoms with Crippen LogP contribution in [0.4, 0.5) is 0 Å². The van der Waals surface area contributed by atoms with E-state index in [0.717, 1.165) is 35.1 Å². The minimum Gasteiger partial charge on any atom is -0.507 e. The van der Waals surface area contributed by atoms with E-state index in [2.05, 4.69) is 55.5 Å². The third kappa shape index (κ3) is 4.74. The van der Waals surface area contributed by atoms with E-state index < -0.39 is 5.41 Å². The summed E-state index contributed by atoms with van der Waals surface area (Å²) in [6.07, 6.45) is 10.7. The van der Waals surface area contributed by atoms with Crippen molar-refractivity contribution in [3.8, 4) is 5.75 Å². The predicted molar refractivity (Wildman–Crippen MR) is 130 cm³/mol. The molecule has 0 bridgehead atoms. The van der Waals surface area contributed by atoms with Crippen LogP contribution < -0.4 is 0 Å². The molecule has 0 heterocycles. The van der Waals surface area contributed by atoms with Gasteiger partial charge in [0.2, 0.25) is 0 Å². The highest BCUT2D eigenvalue weighted by Gasteiger charge is 2.33. The highest BCUT2D eigenvalue weighted by molar-refractivity contribution is 5.85. The van der Waals surface area contributed by atoms with Crippen LogP contribution in [-0.4, -0.2) is 17.4 Å². The first kappa shape index (κ1) is 21.4. The largest absolute Gasteiger partial charge is 0.507 e. The summed E-state index contributed by atoms with van der Waals surface area (Å²) in [5, 5.41) is 11.4. The van der Waals surface area contributed by atoms with Crippen LogP contribution in [0.25, 0.3) is 0 Å². The number of phenols is 1. The molecule has 2 heteroatoms. The monoisotopic (exact) mass is 411 g/mol. The van der Waals surface area contributed by atoms with Crippen molar-refractivity contribution >= 4 is 6.21 Å². The zero-order valence-electron chi connectivity index (χ0n) is 18.5. The Labute approximate surface area is 186 Å². The van der Waals surface area contributed by atoms with Crippen molar-refractivity contribution in [3.63, 3.8) is 0 Å². The summed E-state index contributed by atoms with van der Waals surface area (Å²) in [5.41, 5.74) is 3.57. The summed E-state index contributed by atoms with van der Waals surface area (Å²) < 4.78 is 0. The molecular weight excluding hydrogens is 378 g/mol. The van der Waals surface area contributed by atoms with Crippen LogP contribution >= 0.6 is 0 Å². The van der Waals surface area contributed by atoms with Gasteiger partial charge in [-0.3, -0.25) is 4.99 Å². The van der Waals surface area contributed by atoms with Crippen molar-refractivity contribution in [1.82, 2.24) is 0 Å². The molecule has 2 nitrogen and oxygen atoms in total.